The second-order valence-electron chi connectivity index (χ2n) is 4.87. The molecule has 5 nitrogen and oxygen atoms in total. The van der Waals surface area contributed by atoms with Gasteiger partial charge in [0, 0.05) is 5.56 Å². The van der Waals surface area contributed by atoms with Gasteiger partial charge in [0.15, 0.2) is 0 Å². The highest BCUT2D eigenvalue weighted by molar-refractivity contribution is 6.31. The molecule has 0 aromatic heterocycles. The Balaban J connectivity index is 2.09. The zero-order valence-corrected chi connectivity index (χ0v) is 10.2. The van der Waals surface area contributed by atoms with E-state index in [-0.39, 0.29) is 11.3 Å². The number of anilines is 1. The first-order chi connectivity index (χ1) is 8.97. The number of amides is 4. The number of imide groups is 2. The summed E-state index contributed by atoms with van der Waals surface area (Å²) >= 11 is 0. The van der Waals surface area contributed by atoms with Crippen LogP contribution in [0.1, 0.15) is 18.4 Å². The van der Waals surface area contributed by atoms with E-state index in [1.54, 1.807) is 0 Å². The monoisotopic (exact) mass is 262 g/mol. The van der Waals surface area contributed by atoms with Gasteiger partial charge in [-0.25, -0.2) is 14.1 Å². The van der Waals surface area contributed by atoms with E-state index in [1.807, 2.05) is 0 Å². The summed E-state index contributed by atoms with van der Waals surface area (Å²) in [7, 11) is 0. The number of rotatable bonds is 1. The van der Waals surface area contributed by atoms with Crippen molar-refractivity contribution in [2.75, 3.05) is 4.90 Å². The lowest BCUT2D eigenvalue weighted by molar-refractivity contribution is -0.136. The first-order valence-electron chi connectivity index (χ1n) is 5.92. The van der Waals surface area contributed by atoms with Gasteiger partial charge >= 0.3 is 6.03 Å². The molecule has 2 aliphatic rings. The van der Waals surface area contributed by atoms with Crippen LogP contribution in [0.5, 0.6) is 0 Å². The molecule has 1 saturated heterocycles. The van der Waals surface area contributed by atoms with Gasteiger partial charge in [0.25, 0.3) is 5.91 Å². The van der Waals surface area contributed by atoms with Crippen molar-refractivity contribution < 1.29 is 18.8 Å². The average molecular weight is 262 g/mol. The third-order valence-electron chi connectivity index (χ3n) is 3.70. The molecule has 6 heteroatoms. The van der Waals surface area contributed by atoms with E-state index in [4.69, 9.17) is 0 Å². The fraction of sp³-hybridized carbons (Fsp3) is 0.308. The molecule has 1 aliphatic carbocycles. The lowest BCUT2D eigenvalue weighted by Gasteiger charge is -2.31. The molecule has 2 fully saturated rings. The minimum absolute atomic E-state index is 0.182. The van der Waals surface area contributed by atoms with Crippen molar-refractivity contribution in [3.8, 4) is 0 Å². The van der Waals surface area contributed by atoms with Crippen LogP contribution >= 0.6 is 0 Å². The SMILES string of the molecule is Cc1c(F)cccc1N1C(=O)NC(=O)C2(CC2)C1=O. The Labute approximate surface area is 108 Å². The summed E-state index contributed by atoms with van der Waals surface area (Å²) in [5, 5.41) is 2.16. The highest BCUT2D eigenvalue weighted by atomic mass is 19.1. The summed E-state index contributed by atoms with van der Waals surface area (Å²) in [6.45, 7) is 1.49. The van der Waals surface area contributed by atoms with E-state index in [1.165, 1.54) is 25.1 Å². The Bertz CT molecular complexity index is 622. The molecule has 1 aliphatic heterocycles. The number of halogens is 1. The number of carbonyl (C=O) groups is 3. The molecule has 1 aromatic rings. The predicted octanol–water partition coefficient (Wildman–Crippen LogP) is 1.50. The molecule has 1 spiro atoms. The number of hydrogen-bond donors (Lipinski definition) is 1. The van der Waals surface area contributed by atoms with Gasteiger partial charge in [0.2, 0.25) is 5.91 Å². The van der Waals surface area contributed by atoms with Crippen LogP contribution in [0.25, 0.3) is 0 Å². The fourth-order valence-electron chi connectivity index (χ4n) is 2.30. The third-order valence-corrected chi connectivity index (χ3v) is 3.70. The maximum atomic E-state index is 13.5. The van der Waals surface area contributed by atoms with Crippen LogP contribution in [-0.2, 0) is 9.59 Å². The number of benzene rings is 1. The zero-order chi connectivity index (χ0) is 13.8. The minimum atomic E-state index is -1.12. The van der Waals surface area contributed by atoms with Crippen LogP contribution in [0, 0.1) is 18.2 Å². The Morgan fingerprint density at radius 2 is 1.95 bits per heavy atom. The van der Waals surface area contributed by atoms with Gasteiger partial charge in [-0.2, -0.15) is 0 Å². The minimum Gasteiger partial charge on any atom is -0.276 e. The number of urea groups is 1. The lowest BCUT2D eigenvalue weighted by Crippen LogP contribution is -2.59. The van der Waals surface area contributed by atoms with Crippen LogP contribution in [0.4, 0.5) is 14.9 Å². The van der Waals surface area contributed by atoms with Gasteiger partial charge in [-0.15, -0.1) is 0 Å². The first kappa shape index (κ1) is 11.8. The zero-order valence-electron chi connectivity index (χ0n) is 10.2. The maximum Gasteiger partial charge on any atom is 0.335 e. The van der Waals surface area contributed by atoms with Gasteiger partial charge in [0.1, 0.15) is 11.2 Å². The third kappa shape index (κ3) is 1.49. The predicted molar refractivity (Wildman–Crippen MR) is 63.8 cm³/mol. The molecule has 1 heterocycles. The number of barbiturate groups is 1. The van der Waals surface area contributed by atoms with Gasteiger partial charge in [-0.05, 0) is 31.9 Å². The fourth-order valence-corrected chi connectivity index (χ4v) is 2.30. The number of carbonyl (C=O) groups excluding carboxylic acids is 3. The van der Waals surface area contributed by atoms with Gasteiger partial charge in [0.05, 0.1) is 5.69 Å². The molecule has 0 atom stereocenters. The Morgan fingerprint density at radius 1 is 1.26 bits per heavy atom. The average Bonchev–Trinajstić information content (AvgIpc) is 3.14. The largest absolute Gasteiger partial charge is 0.335 e. The molecule has 0 bridgehead atoms. The molecule has 0 unspecified atom stereocenters. The van der Waals surface area contributed by atoms with E-state index in [0.29, 0.717) is 12.8 Å². The van der Waals surface area contributed by atoms with Crippen molar-refractivity contribution in [2.24, 2.45) is 5.41 Å². The van der Waals surface area contributed by atoms with E-state index in [9.17, 15) is 18.8 Å². The number of nitrogens with one attached hydrogen (secondary N) is 1. The molecule has 1 N–H and O–H groups in total. The van der Waals surface area contributed by atoms with Crippen LogP contribution in [-0.4, -0.2) is 17.8 Å². The van der Waals surface area contributed by atoms with Crippen molar-refractivity contribution >= 4 is 23.5 Å². The second kappa shape index (κ2) is 3.63. The molecule has 1 saturated carbocycles. The highest BCUT2D eigenvalue weighted by Gasteiger charge is 2.62. The van der Waals surface area contributed by atoms with Gasteiger partial charge in [-0.3, -0.25) is 14.9 Å². The van der Waals surface area contributed by atoms with Crippen molar-refractivity contribution in [2.45, 2.75) is 19.8 Å². The van der Waals surface area contributed by atoms with Crippen LogP contribution in [0.15, 0.2) is 18.2 Å². The van der Waals surface area contributed by atoms with Crippen molar-refractivity contribution in [3.63, 3.8) is 0 Å². The van der Waals surface area contributed by atoms with Crippen LogP contribution in [0.2, 0.25) is 0 Å². The summed E-state index contributed by atoms with van der Waals surface area (Å²) < 4.78 is 13.5. The number of nitrogens with zero attached hydrogens (tertiary/aromatic N) is 1. The number of hydrogen-bond acceptors (Lipinski definition) is 3. The molecule has 4 amide bonds. The summed E-state index contributed by atoms with van der Waals surface area (Å²) in [6.07, 6.45) is 0.853. The van der Waals surface area contributed by atoms with E-state index in [2.05, 4.69) is 5.32 Å². The molecule has 1 aromatic carbocycles. The summed E-state index contributed by atoms with van der Waals surface area (Å²) in [5.41, 5.74) is -0.732. The van der Waals surface area contributed by atoms with Crippen LogP contribution < -0.4 is 10.2 Å². The molecule has 3 rings (SSSR count). The first-order valence-corrected chi connectivity index (χ1v) is 5.92. The quantitative estimate of drug-likeness (QED) is 0.780. The van der Waals surface area contributed by atoms with Crippen LogP contribution in [0.3, 0.4) is 0 Å². The summed E-state index contributed by atoms with van der Waals surface area (Å²) in [6, 6.07) is 3.35. The second-order valence-corrected chi connectivity index (χ2v) is 4.87. The topological polar surface area (TPSA) is 66.5 Å². The Morgan fingerprint density at radius 3 is 2.58 bits per heavy atom. The van der Waals surface area contributed by atoms with E-state index < -0.39 is 29.1 Å². The smallest absolute Gasteiger partial charge is 0.276 e. The molecular weight excluding hydrogens is 251 g/mol. The maximum absolute atomic E-state index is 13.5. The molecule has 0 radical (unpaired) electrons. The molecule has 98 valence electrons. The van der Waals surface area contributed by atoms with E-state index >= 15 is 0 Å². The van der Waals surface area contributed by atoms with Gasteiger partial charge in [-0.1, -0.05) is 6.07 Å². The summed E-state index contributed by atoms with van der Waals surface area (Å²) in [5.74, 6) is -1.61. The Kier molecular flexibility index (Phi) is 2.26. The lowest BCUT2D eigenvalue weighted by atomic mass is 10.0. The van der Waals surface area contributed by atoms with Gasteiger partial charge < -0.3 is 0 Å². The highest BCUT2D eigenvalue weighted by Crippen LogP contribution is 2.49. The van der Waals surface area contributed by atoms with Crippen molar-refractivity contribution in [1.29, 1.82) is 0 Å². The van der Waals surface area contributed by atoms with E-state index in [0.717, 1.165) is 4.90 Å². The standard InChI is InChI=1S/C13H11FN2O3/c1-7-8(14)3-2-4-9(7)16-11(18)13(5-6-13)10(17)15-12(16)19/h2-4H,5-6H2,1H3,(H,15,17,19). The molecule has 19 heavy (non-hydrogen) atoms. The van der Waals surface area contributed by atoms with Crippen molar-refractivity contribution in [1.82, 2.24) is 5.32 Å². The normalized spacial score (nSPS) is 20.7. The summed E-state index contributed by atoms with van der Waals surface area (Å²) in [4.78, 5) is 36.7. The van der Waals surface area contributed by atoms with Crippen molar-refractivity contribution in [3.05, 3.63) is 29.6 Å². The molecular formula is C13H11FN2O3. The Hall–Kier alpha value is -2.24.